The van der Waals surface area contributed by atoms with Gasteiger partial charge in [0.1, 0.15) is 17.9 Å². The number of piperidine rings is 2. The molecule has 3 amide bonds. The van der Waals surface area contributed by atoms with Crippen LogP contribution in [0.5, 0.6) is 5.75 Å². The minimum atomic E-state index is -2.36. The molecule has 2 atom stereocenters. The molecule has 5 rings (SSSR count). The SMILES string of the molecule is NCc1ccccc1.O=C1CCC(N2Cc3cc(OC4CCCN(CC(F)F)C4)ccc3C2=O)C(=O)N1. The summed E-state index contributed by atoms with van der Waals surface area (Å²) in [4.78, 5) is 39.4. The molecule has 3 aliphatic rings. The Bertz CT molecular complexity index is 1110. The second-order valence-corrected chi connectivity index (χ2v) is 9.44. The highest BCUT2D eigenvalue weighted by molar-refractivity contribution is 6.05. The van der Waals surface area contributed by atoms with Gasteiger partial charge in [-0.2, -0.15) is 0 Å². The zero-order valence-electron chi connectivity index (χ0n) is 20.6. The molecule has 0 aliphatic carbocycles. The number of imide groups is 1. The van der Waals surface area contributed by atoms with Gasteiger partial charge in [-0.25, -0.2) is 8.78 Å². The molecule has 3 N–H and O–H groups in total. The number of nitrogens with two attached hydrogens (primary N) is 1. The van der Waals surface area contributed by atoms with Crippen molar-refractivity contribution >= 4 is 17.7 Å². The number of nitrogens with zero attached hydrogens (tertiary/aromatic N) is 2. The van der Waals surface area contributed by atoms with Gasteiger partial charge in [-0.3, -0.25) is 24.6 Å². The van der Waals surface area contributed by atoms with E-state index in [2.05, 4.69) is 5.32 Å². The van der Waals surface area contributed by atoms with Crippen LogP contribution < -0.4 is 15.8 Å². The van der Waals surface area contributed by atoms with Crippen molar-refractivity contribution in [2.45, 2.75) is 57.3 Å². The Morgan fingerprint density at radius 2 is 1.86 bits per heavy atom. The molecule has 2 aromatic rings. The number of hydrogen-bond acceptors (Lipinski definition) is 6. The van der Waals surface area contributed by atoms with Gasteiger partial charge in [-0.15, -0.1) is 0 Å². The maximum Gasteiger partial charge on any atom is 0.255 e. The molecule has 37 heavy (non-hydrogen) atoms. The maximum atomic E-state index is 12.7. The van der Waals surface area contributed by atoms with Gasteiger partial charge in [-0.05, 0) is 55.1 Å². The van der Waals surface area contributed by atoms with E-state index in [1.807, 2.05) is 30.3 Å². The van der Waals surface area contributed by atoms with Crippen LogP contribution in [0.25, 0.3) is 0 Å². The average Bonchev–Trinajstić information content (AvgIpc) is 3.20. The van der Waals surface area contributed by atoms with Crippen molar-refractivity contribution in [2.24, 2.45) is 5.73 Å². The van der Waals surface area contributed by atoms with E-state index in [1.165, 1.54) is 10.5 Å². The predicted octanol–water partition coefficient (Wildman–Crippen LogP) is 2.70. The first-order valence-corrected chi connectivity index (χ1v) is 12.5. The maximum absolute atomic E-state index is 12.7. The van der Waals surface area contributed by atoms with Crippen molar-refractivity contribution in [2.75, 3.05) is 19.6 Å². The van der Waals surface area contributed by atoms with E-state index in [1.54, 1.807) is 23.1 Å². The number of hydrogen-bond donors (Lipinski definition) is 2. The first-order chi connectivity index (χ1) is 17.8. The van der Waals surface area contributed by atoms with Crippen LogP contribution >= 0.6 is 0 Å². The molecule has 0 spiro atoms. The molecular weight excluding hydrogens is 482 g/mol. The third kappa shape index (κ3) is 6.90. The fraction of sp³-hybridized carbons (Fsp3) is 0.444. The van der Waals surface area contributed by atoms with Crippen LogP contribution in [0.2, 0.25) is 0 Å². The number of carbonyl (C=O) groups is 3. The lowest BCUT2D eigenvalue weighted by Crippen LogP contribution is -2.52. The zero-order chi connectivity index (χ0) is 26.4. The van der Waals surface area contributed by atoms with Gasteiger partial charge in [0.25, 0.3) is 12.3 Å². The van der Waals surface area contributed by atoms with Crippen molar-refractivity contribution in [3.8, 4) is 5.75 Å². The topological polar surface area (TPSA) is 105 Å². The van der Waals surface area contributed by atoms with Crippen molar-refractivity contribution in [3.63, 3.8) is 0 Å². The minimum absolute atomic E-state index is 0.177. The highest BCUT2D eigenvalue weighted by Crippen LogP contribution is 2.31. The van der Waals surface area contributed by atoms with Gasteiger partial charge in [-0.1, -0.05) is 30.3 Å². The van der Waals surface area contributed by atoms with E-state index >= 15 is 0 Å². The van der Waals surface area contributed by atoms with Crippen LogP contribution in [0.1, 0.15) is 47.2 Å². The number of amides is 3. The number of fused-ring (bicyclic) bond motifs is 1. The molecule has 3 aliphatic heterocycles. The van der Waals surface area contributed by atoms with Crippen LogP contribution in [0, 0.1) is 0 Å². The summed E-state index contributed by atoms with van der Waals surface area (Å²) >= 11 is 0. The smallest absolute Gasteiger partial charge is 0.255 e. The fourth-order valence-corrected chi connectivity index (χ4v) is 4.90. The summed E-state index contributed by atoms with van der Waals surface area (Å²) < 4.78 is 31.3. The summed E-state index contributed by atoms with van der Waals surface area (Å²) in [6.07, 6.45) is -0.429. The molecule has 2 unspecified atom stereocenters. The predicted molar refractivity (Wildman–Crippen MR) is 133 cm³/mol. The van der Waals surface area contributed by atoms with Crippen LogP contribution in [0.3, 0.4) is 0 Å². The van der Waals surface area contributed by atoms with Gasteiger partial charge < -0.3 is 15.4 Å². The molecule has 0 saturated carbocycles. The molecular formula is C27H32F2N4O4. The molecule has 8 nitrogen and oxygen atoms in total. The molecule has 0 aromatic heterocycles. The van der Waals surface area contributed by atoms with Gasteiger partial charge in [0.05, 0.1) is 6.54 Å². The van der Waals surface area contributed by atoms with E-state index in [0.717, 1.165) is 18.4 Å². The Balaban J connectivity index is 0.000000342. The van der Waals surface area contributed by atoms with E-state index in [4.69, 9.17) is 10.5 Å². The molecule has 2 fully saturated rings. The van der Waals surface area contributed by atoms with Crippen molar-refractivity contribution in [1.82, 2.24) is 15.1 Å². The van der Waals surface area contributed by atoms with Gasteiger partial charge >= 0.3 is 0 Å². The number of ether oxygens (including phenoxy) is 1. The molecule has 10 heteroatoms. The third-order valence-corrected chi connectivity index (χ3v) is 6.73. The molecule has 198 valence electrons. The number of benzene rings is 2. The van der Waals surface area contributed by atoms with Crippen LogP contribution in [0.15, 0.2) is 48.5 Å². The Hall–Kier alpha value is -3.37. The largest absolute Gasteiger partial charge is 0.489 e. The molecule has 0 radical (unpaired) electrons. The molecule has 2 saturated heterocycles. The van der Waals surface area contributed by atoms with Crippen LogP contribution in [-0.4, -0.2) is 65.7 Å². The lowest BCUT2D eigenvalue weighted by atomic mass is 10.0. The molecule has 0 bridgehead atoms. The summed E-state index contributed by atoms with van der Waals surface area (Å²) in [5, 5.41) is 2.28. The highest BCUT2D eigenvalue weighted by atomic mass is 19.3. The Morgan fingerprint density at radius 1 is 1.08 bits per heavy atom. The summed E-state index contributed by atoms with van der Waals surface area (Å²) in [7, 11) is 0. The second kappa shape index (κ2) is 12.2. The zero-order valence-corrected chi connectivity index (χ0v) is 20.6. The van der Waals surface area contributed by atoms with Gasteiger partial charge in [0.15, 0.2) is 0 Å². The number of likely N-dealkylation sites (tertiary alicyclic amines) is 1. The van der Waals surface area contributed by atoms with Gasteiger partial charge in [0, 0.05) is 31.6 Å². The van der Waals surface area contributed by atoms with Crippen molar-refractivity contribution < 1.29 is 27.9 Å². The Morgan fingerprint density at radius 3 is 2.54 bits per heavy atom. The van der Waals surface area contributed by atoms with Crippen molar-refractivity contribution in [1.29, 1.82) is 0 Å². The summed E-state index contributed by atoms with van der Waals surface area (Å²) in [6.45, 7) is 1.76. The monoisotopic (exact) mass is 514 g/mol. The fourth-order valence-electron chi connectivity index (χ4n) is 4.90. The average molecular weight is 515 g/mol. The number of alkyl halides is 2. The standard InChI is InChI=1S/C20H23F2N3O4.C7H9N/c21-17(22)11-24-7-1-2-14(10-24)29-13-3-4-15-12(8-13)9-25(20(15)28)16-5-6-18(26)23-19(16)27;8-6-7-4-2-1-3-5-7/h3-4,8,14,16-17H,1-2,5-7,9-11H2,(H,23,26,27);1-5H,6,8H2. The van der Waals surface area contributed by atoms with Gasteiger partial charge in [0.2, 0.25) is 11.8 Å². The summed E-state index contributed by atoms with van der Waals surface area (Å²) in [5.41, 5.74) is 7.82. The normalized spacial score (nSPS) is 21.8. The van der Waals surface area contributed by atoms with Crippen LogP contribution in [-0.2, 0) is 22.7 Å². The van der Waals surface area contributed by atoms with E-state index < -0.39 is 18.4 Å². The number of carbonyl (C=O) groups excluding carboxylic acids is 3. The summed E-state index contributed by atoms with van der Waals surface area (Å²) in [5.74, 6) is -0.410. The third-order valence-electron chi connectivity index (χ3n) is 6.73. The summed E-state index contributed by atoms with van der Waals surface area (Å²) in [6, 6.07) is 14.5. The van der Waals surface area contributed by atoms with E-state index in [-0.39, 0.29) is 37.4 Å². The Labute approximate surface area is 214 Å². The van der Waals surface area contributed by atoms with Crippen molar-refractivity contribution in [3.05, 3.63) is 65.2 Å². The number of rotatable bonds is 6. The minimum Gasteiger partial charge on any atom is -0.489 e. The van der Waals surface area contributed by atoms with Crippen LogP contribution in [0.4, 0.5) is 8.78 Å². The number of nitrogens with one attached hydrogen (secondary N) is 1. The molecule has 3 heterocycles. The van der Waals surface area contributed by atoms with E-state index in [0.29, 0.717) is 37.4 Å². The molecule has 2 aromatic carbocycles. The first-order valence-electron chi connectivity index (χ1n) is 12.5. The second-order valence-electron chi connectivity index (χ2n) is 9.44. The Kier molecular flexibility index (Phi) is 8.83. The first kappa shape index (κ1) is 26.7. The van der Waals surface area contributed by atoms with E-state index in [9.17, 15) is 23.2 Å². The lowest BCUT2D eigenvalue weighted by molar-refractivity contribution is -0.136. The lowest BCUT2D eigenvalue weighted by Gasteiger charge is -2.32. The quantitative estimate of drug-likeness (QED) is 0.575. The highest BCUT2D eigenvalue weighted by Gasteiger charge is 2.39. The number of halogens is 2.